The number of para-hydroxylation sites is 1. The third kappa shape index (κ3) is 3.40. The number of H-pyrrole nitrogens is 1. The number of benzene rings is 1. The van der Waals surface area contributed by atoms with Crippen molar-refractivity contribution < 1.29 is 14.1 Å². The first-order valence-electron chi connectivity index (χ1n) is 8.30. The number of hydrogen-bond acceptors (Lipinski definition) is 6. The van der Waals surface area contributed by atoms with Crippen LogP contribution in [-0.4, -0.2) is 65.3 Å². The highest BCUT2D eigenvalue weighted by molar-refractivity contribution is 5.94. The quantitative estimate of drug-likeness (QED) is 0.726. The van der Waals surface area contributed by atoms with Crippen molar-refractivity contribution in [3.05, 3.63) is 36.4 Å². The van der Waals surface area contributed by atoms with Gasteiger partial charge in [-0.2, -0.15) is 4.98 Å². The molecule has 2 aromatic heterocycles. The molecule has 0 spiro atoms. The molecule has 0 bridgehead atoms. The van der Waals surface area contributed by atoms with Crippen molar-refractivity contribution in [3.8, 4) is 11.4 Å². The lowest BCUT2D eigenvalue weighted by molar-refractivity contribution is 0.0382. The third-order valence-electron chi connectivity index (χ3n) is 4.27. The number of hydrogen-bond donors (Lipinski definition) is 2. The molecule has 0 radical (unpaired) electrons. The first-order chi connectivity index (χ1) is 12.3. The van der Waals surface area contributed by atoms with Gasteiger partial charge in [0.05, 0.1) is 13.2 Å². The number of nitrogens with one attached hydrogen (secondary N) is 2. The van der Waals surface area contributed by atoms with E-state index in [0.717, 1.165) is 49.3 Å². The summed E-state index contributed by atoms with van der Waals surface area (Å²) in [6.07, 6.45) is 1.82. The normalized spacial score (nSPS) is 15.5. The predicted molar refractivity (Wildman–Crippen MR) is 91.2 cm³/mol. The highest BCUT2D eigenvalue weighted by atomic mass is 16.5. The van der Waals surface area contributed by atoms with Crippen molar-refractivity contribution in [1.82, 2.24) is 25.3 Å². The van der Waals surface area contributed by atoms with Crippen LogP contribution < -0.4 is 5.32 Å². The Kier molecular flexibility index (Phi) is 4.45. The van der Waals surface area contributed by atoms with Gasteiger partial charge in [0.15, 0.2) is 0 Å². The molecule has 25 heavy (non-hydrogen) atoms. The van der Waals surface area contributed by atoms with E-state index in [1.54, 1.807) is 0 Å². The summed E-state index contributed by atoms with van der Waals surface area (Å²) in [5.41, 5.74) is 1.80. The summed E-state index contributed by atoms with van der Waals surface area (Å²) in [6, 6.07) is 7.84. The number of ether oxygens (including phenoxy) is 1. The summed E-state index contributed by atoms with van der Waals surface area (Å²) in [7, 11) is 0. The van der Waals surface area contributed by atoms with Crippen LogP contribution in [0.2, 0.25) is 0 Å². The van der Waals surface area contributed by atoms with E-state index >= 15 is 0 Å². The molecule has 2 N–H and O–H groups in total. The molecule has 1 amide bonds. The van der Waals surface area contributed by atoms with E-state index in [1.807, 2.05) is 30.5 Å². The first-order valence-corrected chi connectivity index (χ1v) is 8.30. The third-order valence-corrected chi connectivity index (χ3v) is 4.27. The minimum atomic E-state index is -0.355. The maximum atomic E-state index is 12.2. The summed E-state index contributed by atoms with van der Waals surface area (Å²) in [5, 5.41) is 7.74. The summed E-state index contributed by atoms with van der Waals surface area (Å²) in [5.74, 6) is 0.0184. The zero-order chi connectivity index (χ0) is 17.1. The van der Waals surface area contributed by atoms with Gasteiger partial charge in [0.1, 0.15) is 0 Å². The van der Waals surface area contributed by atoms with Crippen LogP contribution >= 0.6 is 0 Å². The average Bonchev–Trinajstić information content (AvgIpc) is 3.29. The van der Waals surface area contributed by atoms with Crippen molar-refractivity contribution in [2.24, 2.45) is 0 Å². The fraction of sp³-hybridized carbons (Fsp3) is 0.353. The van der Waals surface area contributed by atoms with E-state index in [0.29, 0.717) is 12.4 Å². The molecule has 0 saturated carbocycles. The van der Waals surface area contributed by atoms with Gasteiger partial charge in [0.2, 0.25) is 5.82 Å². The molecule has 1 aliphatic rings. The molecule has 1 aliphatic heterocycles. The van der Waals surface area contributed by atoms with E-state index in [2.05, 4.69) is 25.3 Å². The number of aromatic nitrogens is 3. The number of amides is 1. The second-order valence-corrected chi connectivity index (χ2v) is 5.88. The number of morpholine rings is 1. The molecule has 0 atom stereocenters. The Bertz CT molecular complexity index is 866. The smallest absolute Gasteiger partial charge is 0.316 e. The lowest BCUT2D eigenvalue weighted by atomic mass is 10.2. The van der Waals surface area contributed by atoms with Gasteiger partial charge in [-0.3, -0.25) is 9.69 Å². The molecule has 8 nitrogen and oxygen atoms in total. The topological polar surface area (TPSA) is 96.3 Å². The van der Waals surface area contributed by atoms with Crippen LogP contribution in [0.15, 0.2) is 35.0 Å². The summed E-state index contributed by atoms with van der Waals surface area (Å²) in [4.78, 5) is 21.8. The molecule has 130 valence electrons. The minimum Gasteiger partial charge on any atom is -0.379 e. The van der Waals surface area contributed by atoms with Crippen LogP contribution in [0.3, 0.4) is 0 Å². The fourth-order valence-corrected chi connectivity index (χ4v) is 2.91. The second-order valence-electron chi connectivity index (χ2n) is 5.88. The Morgan fingerprint density at radius 2 is 2.12 bits per heavy atom. The van der Waals surface area contributed by atoms with Gasteiger partial charge < -0.3 is 19.6 Å². The van der Waals surface area contributed by atoms with Crippen LogP contribution in [0, 0.1) is 0 Å². The van der Waals surface area contributed by atoms with E-state index in [9.17, 15) is 4.79 Å². The van der Waals surface area contributed by atoms with Crippen LogP contribution in [0.4, 0.5) is 0 Å². The largest absolute Gasteiger partial charge is 0.379 e. The van der Waals surface area contributed by atoms with E-state index < -0.39 is 0 Å². The van der Waals surface area contributed by atoms with Gasteiger partial charge in [0.25, 0.3) is 0 Å². The van der Waals surface area contributed by atoms with Crippen LogP contribution in [0.25, 0.3) is 22.3 Å². The Balaban J connectivity index is 1.39. The zero-order valence-corrected chi connectivity index (χ0v) is 13.7. The fourth-order valence-electron chi connectivity index (χ4n) is 2.91. The molecular weight excluding hydrogens is 322 g/mol. The molecular formula is C17H19N5O3. The van der Waals surface area contributed by atoms with Crippen molar-refractivity contribution in [1.29, 1.82) is 0 Å². The second kappa shape index (κ2) is 7.04. The molecule has 1 saturated heterocycles. The van der Waals surface area contributed by atoms with Gasteiger partial charge in [-0.05, 0) is 6.07 Å². The Labute approximate surface area is 144 Å². The van der Waals surface area contributed by atoms with Gasteiger partial charge in [-0.25, -0.2) is 0 Å². The Morgan fingerprint density at radius 3 is 3.00 bits per heavy atom. The highest BCUT2D eigenvalue weighted by Gasteiger charge is 2.18. The van der Waals surface area contributed by atoms with Crippen molar-refractivity contribution >= 4 is 16.8 Å². The summed E-state index contributed by atoms with van der Waals surface area (Å²) in [6.45, 7) is 4.57. The van der Waals surface area contributed by atoms with Crippen LogP contribution in [-0.2, 0) is 4.74 Å². The molecule has 1 fully saturated rings. The number of carbonyl (C=O) groups excluding carboxylic acids is 1. The van der Waals surface area contributed by atoms with Crippen molar-refractivity contribution in [2.45, 2.75) is 0 Å². The Morgan fingerprint density at radius 1 is 1.28 bits per heavy atom. The maximum Gasteiger partial charge on any atom is 0.316 e. The average molecular weight is 341 g/mol. The molecule has 0 unspecified atom stereocenters. The number of carbonyl (C=O) groups is 1. The van der Waals surface area contributed by atoms with E-state index in [1.165, 1.54) is 0 Å². The highest BCUT2D eigenvalue weighted by Crippen LogP contribution is 2.26. The molecule has 0 aliphatic carbocycles. The predicted octanol–water partition coefficient (Wildman–Crippen LogP) is 1.28. The number of nitrogens with zero attached hydrogens (tertiary/aromatic N) is 3. The van der Waals surface area contributed by atoms with Crippen LogP contribution in [0.5, 0.6) is 0 Å². The molecule has 4 rings (SSSR count). The van der Waals surface area contributed by atoms with Crippen molar-refractivity contribution in [2.75, 3.05) is 39.4 Å². The standard InChI is InChI=1S/C17H19N5O3/c23-16(18-5-6-22-7-9-24-10-8-22)17-20-15(21-25-17)13-11-19-14-4-2-1-3-12(13)14/h1-4,11,19H,5-10H2,(H,18,23). The van der Waals surface area contributed by atoms with Gasteiger partial charge in [-0.15, -0.1) is 0 Å². The lowest BCUT2D eigenvalue weighted by Gasteiger charge is -2.26. The lowest BCUT2D eigenvalue weighted by Crippen LogP contribution is -2.41. The molecule has 8 heteroatoms. The summed E-state index contributed by atoms with van der Waals surface area (Å²) >= 11 is 0. The minimum absolute atomic E-state index is 0.0257. The maximum absolute atomic E-state index is 12.2. The van der Waals surface area contributed by atoms with E-state index in [4.69, 9.17) is 9.26 Å². The van der Waals surface area contributed by atoms with E-state index in [-0.39, 0.29) is 11.8 Å². The van der Waals surface area contributed by atoms with Gasteiger partial charge >= 0.3 is 11.8 Å². The van der Waals surface area contributed by atoms with Crippen molar-refractivity contribution in [3.63, 3.8) is 0 Å². The molecule has 3 heterocycles. The Hall–Kier alpha value is -2.71. The van der Waals surface area contributed by atoms with Crippen LogP contribution in [0.1, 0.15) is 10.7 Å². The molecule has 3 aromatic rings. The zero-order valence-electron chi connectivity index (χ0n) is 13.7. The monoisotopic (exact) mass is 341 g/mol. The van der Waals surface area contributed by atoms with Gasteiger partial charge in [-0.1, -0.05) is 23.4 Å². The SMILES string of the molecule is O=C(NCCN1CCOCC1)c1nc(-c2c[nH]c3ccccc23)no1. The van der Waals surface area contributed by atoms with Gasteiger partial charge in [0, 0.05) is 48.8 Å². The number of fused-ring (bicyclic) bond motifs is 1. The first kappa shape index (κ1) is 15.8. The number of rotatable bonds is 5. The summed E-state index contributed by atoms with van der Waals surface area (Å²) < 4.78 is 10.4. The number of aromatic amines is 1. The molecule has 1 aromatic carbocycles.